The monoisotopic (exact) mass is 270 g/mol. The van der Waals surface area contributed by atoms with Crippen LogP contribution < -0.4 is 4.57 Å². The van der Waals surface area contributed by atoms with Crippen LogP contribution in [0.1, 0.15) is 19.3 Å². The maximum Gasteiger partial charge on any atom is 0.227 e. The molecule has 0 atom stereocenters. The number of allylic oxidation sites excluding steroid dienone is 2. The van der Waals surface area contributed by atoms with E-state index in [0.717, 1.165) is 0 Å². The summed E-state index contributed by atoms with van der Waals surface area (Å²) < 4.78 is 1.84. The van der Waals surface area contributed by atoms with Gasteiger partial charge in [0.05, 0.1) is 6.54 Å². The number of hydrogen-bond donors (Lipinski definition) is 0. The smallest absolute Gasteiger partial charge is 0.227 e. The van der Waals surface area contributed by atoms with Gasteiger partial charge in [0.1, 0.15) is 0 Å². The summed E-state index contributed by atoms with van der Waals surface area (Å²) in [6, 6.07) is 5.70. The van der Waals surface area contributed by atoms with Gasteiger partial charge in [0, 0.05) is 31.2 Å². The van der Waals surface area contributed by atoms with Crippen molar-refractivity contribution in [2.24, 2.45) is 0 Å². The Morgan fingerprint density at radius 2 is 1.75 bits per heavy atom. The molecule has 4 nitrogen and oxygen atoms in total. The summed E-state index contributed by atoms with van der Waals surface area (Å²) >= 11 is 0. The van der Waals surface area contributed by atoms with Gasteiger partial charge in [0.15, 0.2) is 18.2 Å². The molecule has 2 heterocycles. The fourth-order valence-corrected chi connectivity index (χ4v) is 1.95. The molecular weight excluding hydrogens is 252 g/mol. The summed E-state index contributed by atoms with van der Waals surface area (Å²) in [5.41, 5.74) is 0. The highest BCUT2D eigenvalue weighted by atomic mass is 16.2. The molecular formula is C16H18N2O2+. The molecule has 0 N–H and O–H groups in total. The summed E-state index contributed by atoms with van der Waals surface area (Å²) in [6.07, 6.45) is 12.4. The van der Waals surface area contributed by atoms with Gasteiger partial charge in [-0.2, -0.15) is 4.57 Å². The van der Waals surface area contributed by atoms with Crippen LogP contribution in [-0.2, 0) is 16.1 Å². The average molecular weight is 270 g/mol. The van der Waals surface area contributed by atoms with E-state index >= 15 is 0 Å². The number of ketones is 1. The topological polar surface area (TPSA) is 41.3 Å². The van der Waals surface area contributed by atoms with Crippen LogP contribution in [0.25, 0.3) is 0 Å². The Labute approximate surface area is 119 Å². The van der Waals surface area contributed by atoms with Crippen molar-refractivity contribution in [2.75, 3.05) is 0 Å². The molecule has 103 valence electrons. The number of nitrogens with zero attached hydrogens (tertiary/aromatic N) is 2. The van der Waals surface area contributed by atoms with Crippen molar-refractivity contribution < 1.29 is 14.2 Å². The molecule has 0 fully saturated rings. The Balaban J connectivity index is 1.68. The fraction of sp³-hybridized carbons (Fsp3) is 0.250. The molecule has 0 aromatic carbocycles. The highest BCUT2D eigenvalue weighted by molar-refractivity contribution is 5.80. The molecule has 0 bridgehead atoms. The lowest BCUT2D eigenvalue weighted by Gasteiger charge is -2.17. The molecule has 0 saturated heterocycles. The predicted octanol–water partition coefficient (Wildman–Crippen LogP) is 1.79. The third-order valence-electron chi connectivity index (χ3n) is 2.99. The van der Waals surface area contributed by atoms with Gasteiger partial charge < -0.3 is 4.90 Å². The van der Waals surface area contributed by atoms with Gasteiger partial charge in [-0.3, -0.25) is 9.59 Å². The van der Waals surface area contributed by atoms with Crippen LogP contribution in [0.4, 0.5) is 0 Å². The molecule has 1 amide bonds. The summed E-state index contributed by atoms with van der Waals surface area (Å²) in [4.78, 5) is 25.2. The summed E-state index contributed by atoms with van der Waals surface area (Å²) in [5.74, 6) is 0.165. The first-order chi connectivity index (χ1) is 9.75. The summed E-state index contributed by atoms with van der Waals surface area (Å²) in [6.45, 7) is 2.09. The highest BCUT2D eigenvalue weighted by Crippen LogP contribution is 2.08. The fourth-order valence-electron chi connectivity index (χ4n) is 1.95. The van der Waals surface area contributed by atoms with Crippen LogP contribution in [-0.4, -0.2) is 16.6 Å². The molecule has 0 saturated carbocycles. The van der Waals surface area contributed by atoms with E-state index in [1.165, 1.54) is 0 Å². The lowest BCUT2D eigenvalue weighted by molar-refractivity contribution is -0.684. The third kappa shape index (κ3) is 4.46. The van der Waals surface area contributed by atoms with E-state index in [1.807, 2.05) is 53.4 Å². The van der Waals surface area contributed by atoms with Gasteiger partial charge in [-0.05, 0) is 12.5 Å². The zero-order valence-electron chi connectivity index (χ0n) is 11.3. The van der Waals surface area contributed by atoms with Crippen molar-refractivity contribution in [2.45, 2.75) is 25.8 Å². The number of hydrogen-bond acceptors (Lipinski definition) is 2. The lowest BCUT2D eigenvalue weighted by atomic mass is 10.1. The second-order valence-electron chi connectivity index (χ2n) is 4.62. The quantitative estimate of drug-likeness (QED) is 0.739. The Kier molecular flexibility index (Phi) is 5.24. The van der Waals surface area contributed by atoms with E-state index in [-0.39, 0.29) is 11.7 Å². The number of carbonyl (C=O) groups is 2. The van der Waals surface area contributed by atoms with E-state index in [4.69, 9.17) is 0 Å². The molecule has 1 aromatic heterocycles. The zero-order chi connectivity index (χ0) is 14.2. The van der Waals surface area contributed by atoms with E-state index < -0.39 is 0 Å². The zero-order valence-corrected chi connectivity index (χ0v) is 11.3. The largest absolute Gasteiger partial charge is 0.310 e. The standard InChI is InChI=1S/C16H18N2O2/c19-15(14-17-10-3-1-4-11-17)8-7-9-16(20)18-12-5-2-6-13-18/h1-6,10-13H,7-9,14H2/q+1. The van der Waals surface area contributed by atoms with Crippen molar-refractivity contribution in [1.82, 2.24) is 4.90 Å². The minimum absolute atomic E-state index is 0.0192. The molecule has 0 unspecified atom stereocenters. The van der Waals surface area contributed by atoms with Crippen molar-refractivity contribution in [3.8, 4) is 0 Å². The van der Waals surface area contributed by atoms with Crippen molar-refractivity contribution in [3.05, 3.63) is 61.6 Å². The maximum absolute atomic E-state index is 11.8. The van der Waals surface area contributed by atoms with E-state index in [0.29, 0.717) is 25.8 Å². The van der Waals surface area contributed by atoms with Crippen molar-refractivity contribution in [1.29, 1.82) is 0 Å². The van der Waals surface area contributed by atoms with Gasteiger partial charge in [0.2, 0.25) is 12.5 Å². The summed E-state index contributed by atoms with van der Waals surface area (Å²) in [7, 11) is 0. The minimum Gasteiger partial charge on any atom is -0.310 e. The highest BCUT2D eigenvalue weighted by Gasteiger charge is 2.13. The second-order valence-corrected chi connectivity index (χ2v) is 4.62. The first kappa shape index (κ1) is 14.2. The number of amides is 1. The Bertz CT molecular complexity index is 521. The van der Waals surface area contributed by atoms with Gasteiger partial charge in [-0.15, -0.1) is 0 Å². The molecule has 1 aromatic rings. The SMILES string of the molecule is O=C(CCCC(=O)N1[CH]C=CC=C1)C[n+]1ccccc1. The van der Waals surface area contributed by atoms with Crippen LogP contribution in [0.3, 0.4) is 0 Å². The average Bonchev–Trinajstić information content (AvgIpc) is 2.49. The Hall–Kier alpha value is -2.23. The second kappa shape index (κ2) is 7.38. The van der Waals surface area contributed by atoms with Crippen LogP contribution in [0.5, 0.6) is 0 Å². The van der Waals surface area contributed by atoms with Crippen molar-refractivity contribution in [3.63, 3.8) is 0 Å². The number of Topliss-reactive ketones (excluding diaryl/α,β-unsaturated/α-hetero) is 1. The van der Waals surface area contributed by atoms with Crippen molar-refractivity contribution >= 4 is 11.7 Å². The van der Waals surface area contributed by atoms with Gasteiger partial charge in [0.25, 0.3) is 0 Å². The number of carbonyl (C=O) groups excluding carboxylic acids is 2. The minimum atomic E-state index is 0.0192. The molecule has 1 aliphatic rings. The molecule has 1 radical (unpaired) electrons. The molecule has 0 aliphatic carbocycles. The Morgan fingerprint density at radius 3 is 2.45 bits per heavy atom. The van der Waals surface area contributed by atoms with Gasteiger partial charge in [-0.1, -0.05) is 18.2 Å². The van der Waals surface area contributed by atoms with Crippen LogP contribution in [0.15, 0.2) is 55.0 Å². The van der Waals surface area contributed by atoms with E-state index in [9.17, 15) is 9.59 Å². The molecule has 2 rings (SSSR count). The maximum atomic E-state index is 11.8. The van der Waals surface area contributed by atoms with E-state index in [2.05, 4.69) is 0 Å². The first-order valence-electron chi connectivity index (χ1n) is 6.71. The number of pyridine rings is 1. The molecule has 1 aliphatic heterocycles. The predicted molar refractivity (Wildman–Crippen MR) is 74.9 cm³/mol. The van der Waals surface area contributed by atoms with Crippen LogP contribution in [0, 0.1) is 6.54 Å². The molecule has 4 heteroatoms. The lowest BCUT2D eigenvalue weighted by Crippen LogP contribution is -2.36. The Morgan fingerprint density at radius 1 is 0.950 bits per heavy atom. The summed E-state index contributed by atoms with van der Waals surface area (Å²) in [5, 5.41) is 0. The number of aromatic nitrogens is 1. The van der Waals surface area contributed by atoms with Crippen LogP contribution >= 0.6 is 0 Å². The van der Waals surface area contributed by atoms with Gasteiger partial charge in [-0.25, -0.2) is 0 Å². The number of rotatable bonds is 6. The first-order valence-corrected chi connectivity index (χ1v) is 6.71. The molecule has 20 heavy (non-hydrogen) atoms. The van der Waals surface area contributed by atoms with E-state index in [1.54, 1.807) is 17.6 Å². The third-order valence-corrected chi connectivity index (χ3v) is 2.99. The normalized spacial score (nSPS) is 13.5. The van der Waals surface area contributed by atoms with Gasteiger partial charge >= 0.3 is 0 Å². The molecule has 0 spiro atoms. The van der Waals surface area contributed by atoms with Crippen LogP contribution in [0.2, 0.25) is 0 Å².